The van der Waals surface area contributed by atoms with E-state index in [2.05, 4.69) is 28.9 Å². The monoisotopic (exact) mass is 504 g/mol. The van der Waals surface area contributed by atoms with Gasteiger partial charge in [0.1, 0.15) is 23.8 Å². The molecule has 4 rings (SSSR count). The van der Waals surface area contributed by atoms with Gasteiger partial charge in [-0.15, -0.1) is 0 Å². The van der Waals surface area contributed by atoms with Crippen molar-refractivity contribution in [2.24, 2.45) is 4.99 Å². The molecule has 178 valence electrons. The van der Waals surface area contributed by atoms with E-state index in [1.54, 1.807) is 24.4 Å². The first-order chi connectivity index (χ1) is 16.9. The average molecular weight is 505 g/mol. The first-order valence-electron chi connectivity index (χ1n) is 11.3. The van der Waals surface area contributed by atoms with E-state index < -0.39 is 0 Å². The molecule has 6 heteroatoms. The third kappa shape index (κ3) is 5.34. The smallest absolute Gasteiger partial charge is 0.146 e. The van der Waals surface area contributed by atoms with E-state index in [-0.39, 0.29) is 12.5 Å². The molecule has 0 atom stereocenters. The van der Waals surface area contributed by atoms with Gasteiger partial charge in [0.05, 0.1) is 21.3 Å². The van der Waals surface area contributed by atoms with Gasteiger partial charge in [-0.25, -0.2) is 0 Å². The quantitative estimate of drug-likeness (QED) is 0.322. The second-order valence-corrected chi connectivity index (χ2v) is 9.13. The van der Waals surface area contributed by atoms with E-state index in [0.717, 1.165) is 39.5 Å². The Balaban J connectivity index is 1.57. The first kappa shape index (κ1) is 24.8. The average Bonchev–Trinajstić information content (AvgIpc) is 3.27. The van der Waals surface area contributed by atoms with Crippen molar-refractivity contribution in [2.45, 2.75) is 33.3 Å². The Morgan fingerprint density at radius 2 is 1.80 bits per heavy atom. The van der Waals surface area contributed by atoms with Gasteiger partial charge < -0.3 is 9.26 Å². The van der Waals surface area contributed by atoms with Crippen molar-refractivity contribution in [1.29, 1.82) is 0 Å². The molecule has 4 nitrogen and oxygen atoms in total. The van der Waals surface area contributed by atoms with E-state index in [1.165, 1.54) is 0 Å². The summed E-state index contributed by atoms with van der Waals surface area (Å²) in [7, 11) is 0. The predicted molar refractivity (Wildman–Crippen MR) is 145 cm³/mol. The number of hydrogen-bond acceptors (Lipinski definition) is 4. The molecule has 2 aromatic carbocycles. The molecule has 0 saturated heterocycles. The summed E-state index contributed by atoms with van der Waals surface area (Å²) in [6.07, 6.45) is 9.76. The number of hydrogen-bond donors (Lipinski definition) is 0. The Labute approximate surface area is 215 Å². The zero-order valence-corrected chi connectivity index (χ0v) is 21.4. The lowest BCUT2D eigenvalue weighted by molar-refractivity contribution is 0.298. The number of nitrogens with zero attached hydrogens (tertiary/aromatic N) is 2. The minimum Gasteiger partial charge on any atom is -0.489 e. The third-order valence-electron chi connectivity index (χ3n) is 5.68. The van der Waals surface area contributed by atoms with Gasteiger partial charge in [-0.3, -0.25) is 4.99 Å². The Hall–Kier alpha value is -3.34. The third-order valence-corrected chi connectivity index (χ3v) is 6.31. The fourth-order valence-electron chi connectivity index (χ4n) is 3.92. The van der Waals surface area contributed by atoms with Crippen LogP contribution in [-0.2, 0) is 6.61 Å². The Kier molecular flexibility index (Phi) is 7.74. The molecule has 0 unspecified atom stereocenters. The van der Waals surface area contributed by atoms with E-state index >= 15 is 0 Å². The lowest BCUT2D eigenvalue weighted by Crippen LogP contribution is -2.02. The van der Waals surface area contributed by atoms with Crippen molar-refractivity contribution in [1.82, 2.24) is 5.16 Å². The number of rotatable bonds is 7. The number of aliphatic imine (C=N–C) groups is 1. The van der Waals surface area contributed by atoms with Crippen molar-refractivity contribution < 1.29 is 9.26 Å². The highest BCUT2D eigenvalue weighted by Gasteiger charge is 2.23. The molecule has 0 bridgehead atoms. The van der Waals surface area contributed by atoms with Crippen LogP contribution >= 0.6 is 23.2 Å². The van der Waals surface area contributed by atoms with E-state index in [9.17, 15) is 0 Å². The maximum Gasteiger partial charge on any atom is 0.146 e. The maximum atomic E-state index is 6.45. The molecule has 1 aliphatic rings. The zero-order valence-electron chi connectivity index (χ0n) is 19.9. The number of aromatic nitrogens is 1. The lowest BCUT2D eigenvalue weighted by Gasteiger charge is -2.13. The van der Waals surface area contributed by atoms with Gasteiger partial charge >= 0.3 is 0 Å². The number of allylic oxidation sites excluding steroid dienone is 6. The first-order valence-corrected chi connectivity index (χ1v) is 12.1. The van der Waals surface area contributed by atoms with Crippen molar-refractivity contribution in [3.8, 4) is 17.0 Å². The summed E-state index contributed by atoms with van der Waals surface area (Å²) in [6, 6.07) is 13.4. The van der Waals surface area contributed by atoms with Crippen LogP contribution in [0.25, 0.3) is 16.8 Å². The molecular weight excluding hydrogens is 479 g/mol. The number of benzene rings is 2. The topological polar surface area (TPSA) is 47.6 Å². The number of halogens is 2. The van der Waals surface area contributed by atoms with Gasteiger partial charge in [-0.1, -0.05) is 79.1 Å². The number of ether oxygens (including phenoxy) is 1. The highest BCUT2D eigenvalue weighted by molar-refractivity contribution is 6.39. The summed E-state index contributed by atoms with van der Waals surface area (Å²) in [5.74, 6) is 1.61. The highest BCUT2D eigenvalue weighted by atomic mass is 35.5. The standard InChI is InChI=1S/C29H26Cl2N2O2/c1-5-19-16-21(12-15-26(19)32-6-2)20-10-13-22(14-11-20)34-17-23-28(33-35-29(23)18(3)4)27-24(30)8-7-9-25(27)31/h5-16,18H,2,17H2,1,3-4H3/b19-5-,32-26-. The van der Waals surface area contributed by atoms with Gasteiger partial charge in [0.15, 0.2) is 0 Å². The van der Waals surface area contributed by atoms with Crippen LogP contribution in [0.1, 0.15) is 43.6 Å². The lowest BCUT2D eigenvalue weighted by atomic mass is 9.95. The Morgan fingerprint density at radius 1 is 1.09 bits per heavy atom. The van der Waals surface area contributed by atoms with Gasteiger partial charge in [-0.05, 0) is 60.1 Å². The molecule has 3 aromatic rings. The molecule has 0 aliphatic heterocycles. The summed E-state index contributed by atoms with van der Waals surface area (Å²) >= 11 is 12.9. The summed E-state index contributed by atoms with van der Waals surface area (Å²) in [5.41, 5.74) is 6.23. The molecule has 0 N–H and O–H groups in total. The summed E-state index contributed by atoms with van der Waals surface area (Å²) < 4.78 is 11.8. The molecule has 0 amide bonds. The van der Waals surface area contributed by atoms with Gasteiger partial charge in [0, 0.05) is 17.7 Å². The van der Waals surface area contributed by atoms with Crippen molar-refractivity contribution in [3.63, 3.8) is 0 Å². The molecule has 0 saturated carbocycles. The maximum absolute atomic E-state index is 6.45. The molecule has 0 radical (unpaired) electrons. The summed E-state index contributed by atoms with van der Waals surface area (Å²) in [4.78, 5) is 4.32. The van der Waals surface area contributed by atoms with Gasteiger partial charge in [0.2, 0.25) is 0 Å². The summed E-state index contributed by atoms with van der Waals surface area (Å²) in [5, 5.41) is 5.32. The fourth-order valence-corrected chi connectivity index (χ4v) is 4.49. The van der Waals surface area contributed by atoms with Crippen molar-refractivity contribution in [2.75, 3.05) is 0 Å². The zero-order chi connectivity index (χ0) is 24.9. The second-order valence-electron chi connectivity index (χ2n) is 8.31. The fraction of sp³-hybridized carbons (Fsp3) is 0.172. The van der Waals surface area contributed by atoms with Crippen LogP contribution in [0.3, 0.4) is 0 Å². The van der Waals surface area contributed by atoms with Crippen LogP contribution in [0.4, 0.5) is 0 Å². The van der Waals surface area contributed by atoms with E-state index in [0.29, 0.717) is 21.3 Å². The second kappa shape index (κ2) is 10.9. The predicted octanol–water partition coefficient (Wildman–Crippen LogP) is 8.83. The molecule has 0 spiro atoms. The van der Waals surface area contributed by atoms with Crippen molar-refractivity contribution >= 4 is 34.5 Å². The van der Waals surface area contributed by atoms with Gasteiger partial charge in [0.25, 0.3) is 0 Å². The van der Waals surface area contributed by atoms with Crippen LogP contribution in [0, 0.1) is 0 Å². The summed E-state index contributed by atoms with van der Waals surface area (Å²) in [6.45, 7) is 10.1. The van der Waals surface area contributed by atoms with E-state index in [4.69, 9.17) is 32.5 Å². The molecule has 1 heterocycles. The van der Waals surface area contributed by atoms with Crippen LogP contribution in [0.5, 0.6) is 5.75 Å². The Bertz CT molecular complexity index is 1340. The van der Waals surface area contributed by atoms with Crippen LogP contribution in [0.2, 0.25) is 10.0 Å². The van der Waals surface area contributed by atoms with Gasteiger partial charge in [-0.2, -0.15) is 0 Å². The van der Waals surface area contributed by atoms with E-state index in [1.807, 2.05) is 57.2 Å². The molecule has 1 aromatic heterocycles. The SMILES string of the molecule is C=C/N=C1/C=CC(c2ccc(OCc3c(-c4c(Cl)cccc4Cl)noc3C(C)C)cc2)=C/C1=C/C. The minimum atomic E-state index is 0.124. The highest BCUT2D eigenvalue weighted by Crippen LogP contribution is 2.39. The molecule has 35 heavy (non-hydrogen) atoms. The Morgan fingerprint density at radius 3 is 2.43 bits per heavy atom. The van der Waals surface area contributed by atoms with Crippen molar-refractivity contribution in [3.05, 3.63) is 112 Å². The normalized spacial score (nSPS) is 15.7. The molecular formula is C29H26Cl2N2O2. The largest absolute Gasteiger partial charge is 0.489 e. The van der Waals surface area contributed by atoms with Crippen LogP contribution in [-0.4, -0.2) is 10.9 Å². The van der Waals surface area contributed by atoms with Crippen LogP contribution < -0.4 is 4.74 Å². The van der Waals surface area contributed by atoms with Crippen LogP contribution in [0.15, 0.2) is 94.6 Å². The molecule has 0 fully saturated rings. The minimum absolute atomic E-state index is 0.124. The molecule has 1 aliphatic carbocycles.